The van der Waals surface area contributed by atoms with Crippen molar-refractivity contribution in [3.63, 3.8) is 0 Å². The molecule has 21 heavy (non-hydrogen) atoms. The van der Waals surface area contributed by atoms with Crippen LogP contribution in [0.25, 0.3) is 0 Å². The van der Waals surface area contributed by atoms with E-state index in [1.165, 1.54) is 18.3 Å². The van der Waals surface area contributed by atoms with Gasteiger partial charge in [-0.05, 0) is 36.8 Å². The number of hydrogen-bond donors (Lipinski definition) is 2. The van der Waals surface area contributed by atoms with Crippen LogP contribution in [-0.4, -0.2) is 25.1 Å². The Morgan fingerprint density at radius 1 is 1.33 bits per heavy atom. The number of aliphatic hydroxyl groups excluding tert-OH is 1. The molecule has 0 fully saturated rings. The molecule has 0 amide bonds. The lowest BCUT2D eigenvalue weighted by Gasteiger charge is -2.10. The molecule has 2 rings (SSSR count). The maximum Gasteiger partial charge on any atom is 0.261 e. The van der Waals surface area contributed by atoms with E-state index in [2.05, 4.69) is 21.5 Å². The fourth-order valence-corrected chi connectivity index (χ4v) is 2.85. The first-order chi connectivity index (χ1) is 10.0. The summed E-state index contributed by atoms with van der Waals surface area (Å²) in [6.07, 6.45) is 3.11. The monoisotopic (exact) mass is 302 g/mol. The fraction of sp³-hybridized carbons (Fsp3) is 0.133. The van der Waals surface area contributed by atoms with Gasteiger partial charge in [0, 0.05) is 18.0 Å². The molecule has 0 aliphatic rings. The number of benzene rings is 1. The van der Waals surface area contributed by atoms with Gasteiger partial charge in [-0.2, -0.15) is 0 Å². The van der Waals surface area contributed by atoms with Gasteiger partial charge in [-0.15, -0.1) is 0 Å². The average molecular weight is 302 g/mol. The Morgan fingerprint density at radius 3 is 2.86 bits per heavy atom. The molecule has 5 nitrogen and oxygen atoms in total. The van der Waals surface area contributed by atoms with Gasteiger partial charge in [0.1, 0.15) is 6.61 Å². The molecule has 1 heterocycles. The first-order valence-corrected chi connectivity index (χ1v) is 7.64. The highest BCUT2D eigenvalue weighted by molar-refractivity contribution is 7.92. The second-order valence-electron chi connectivity index (χ2n) is 4.28. The summed E-state index contributed by atoms with van der Waals surface area (Å²) in [4.78, 5) is 4.03. The fourth-order valence-electron chi connectivity index (χ4n) is 1.67. The quantitative estimate of drug-likeness (QED) is 0.843. The minimum absolute atomic E-state index is 0.114. The van der Waals surface area contributed by atoms with Crippen molar-refractivity contribution < 1.29 is 13.5 Å². The maximum atomic E-state index is 12.4. The van der Waals surface area contributed by atoms with E-state index < -0.39 is 10.0 Å². The Kier molecular flexibility index (Phi) is 4.58. The van der Waals surface area contributed by atoms with Crippen LogP contribution in [-0.2, 0) is 10.0 Å². The van der Waals surface area contributed by atoms with Crippen molar-refractivity contribution in [1.29, 1.82) is 0 Å². The van der Waals surface area contributed by atoms with Gasteiger partial charge in [-0.25, -0.2) is 8.42 Å². The van der Waals surface area contributed by atoms with Gasteiger partial charge in [0.2, 0.25) is 0 Å². The number of rotatable bonds is 3. The summed E-state index contributed by atoms with van der Waals surface area (Å²) in [5.74, 6) is 5.16. The summed E-state index contributed by atoms with van der Waals surface area (Å²) in [6.45, 7) is 1.50. The Labute approximate surface area is 123 Å². The van der Waals surface area contributed by atoms with Crippen LogP contribution in [0.4, 0.5) is 5.69 Å². The van der Waals surface area contributed by atoms with Gasteiger partial charge in [-0.3, -0.25) is 9.71 Å². The van der Waals surface area contributed by atoms with Gasteiger partial charge < -0.3 is 5.11 Å². The highest BCUT2D eigenvalue weighted by atomic mass is 32.2. The van der Waals surface area contributed by atoms with Crippen LogP contribution in [0.15, 0.2) is 47.6 Å². The van der Waals surface area contributed by atoms with Crippen LogP contribution < -0.4 is 4.72 Å². The van der Waals surface area contributed by atoms with Crippen molar-refractivity contribution in [3.05, 3.63) is 53.9 Å². The van der Waals surface area contributed by atoms with Gasteiger partial charge in [0.15, 0.2) is 0 Å². The van der Waals surface area contributed by atoms with E-state index in [1.54, 1.807) is 31.3 Å². The summed E-state index contributed by atoms with van der Waals surface area (Å²) in [5, 5.41) is 8.67. The second kappa shape index (κ2) is 6.39. The van der Waals surface area contributed by atoms with Crippen LogP contribution in [0.1, 0.15) is 11.1 Å². The Bertz CT molecular complexity index is 805. The molecule has 0 aliphatic heterocycles. The predicted molar refractivity (Wildman–Crippen MR) is 80.2 cm³/mol. The lowest BCUT2D eigenvalue weighted by Crippen LogP contribution is -2.14. The lowest BCUT2D eigenvalue weighted by molar-refractivity contribution is 0.350. The van der Waals surface area contributed by atoms with Crippen molar-refractivity contribution >= 4 is 15.7 Å². The SMILES string of the molecule is Cc1cnccc1NS(=O)(=O)c1cccc(C#CCO)c1. The Morgan fingerprint density at radius 2 is 2.14 bits per heavy atom. The summed E-state index contributed by atoms with van der Waals surface area (Å²) in [5.41, 5.74) is 1.74. The minimum atomic E-state index is -3.69. The van der Waals surface area contributed by atoms with Crippen LogP contribution in [0.2, 0.25) is 0 Å². The van der Waals surface area contributed by atoms with Crippen molar-refractivity contribution in [3.8, 4) is 11.8 Å². The maximum absolute atomic E-state index is 12.4. The molecular formula is C15H14N2O3S. The van der Waals surface area contributed by atoms with Crippen LogP contribution in [0.5, 0.6) is 0 Å². The molecule has 0 aliphatic carbocycles. The minimum Gasteiger partial charge on any atom is -0.384 e. The zero-order valence-corrected chi connectivity index (χ0v) is 12.2. The smallest absolute Gasteiger partial charge is 0.261 e. The molecule has 2 N–H and O–H groups in total. The molecular weight excluding hydrogens is 288 g/mol. The average Bonchev–Trinajstić information content (AvgIpc) is 2.48. The van der Waals surface area contributed by atoms with Crippen molar-refractivity contribution in [1.82, 2.24) is 4.98 Å². The number of nitrogens with zero attached hydrogens (tertiary/aromatic N) is 1. The molecule has 0 radical (unpaired) electrons. The molecule has 2 aromatic rings. The van der Waals surface area contributed by atoms with Gasteiger partial charge >= 0.3 is 0 Å². The zero-order valence-electron chi connectivity index (χ0n) is 11.4. The molecule has 108 valence electrons. The standard InChI is InChI=1S/C15H14N2O3S/c1-12-11-16-8-7-15(12)17-21(19,20)14-6-2-4-13(10-14)5-3-9-18/h2,4,6-8,10-11,18H,9H2,1H3,(H,16,17). The van der Waals surface area contributed by atoms with E-state index in [9.17, 15) is 8.42 Å². The number of sulfonamides is 1. The number of aromatic nitrogens is 1. The third-order valence-corrected chi connectivity index (χ3v) is 4.08. The zero-order chi connectivity index (χ0) is 15.3. The van der Waals surface area contributed by atoms with Crippen molar-refractivity contribution in [2.24, 2.45) is 0 Å². The number of nitrogens with one attached hydrogen (secondary N) is 1. The Balaban J connectivity index is 2.34. The predicted octanol–water partition coefficient (Wildman–Crippen LogP) is 1.53. The number of aryl methyl sites for hydroxylation is 1. The molecule has 1 aromatic carbocycles. The van der Waals surface area contributed by atoms with Crippen LogP contribution in [0.3, 0.4) is 0 Å². The van der Waals surface area contributed by atoms with Gasteiger partial charge in [0.25, 0.3) is 10.0 Å². The van der Waals surface area contributed by atoms with Gasteiger partial charge in [-0.1, -0.05) is 17.9 Å². The number of aliphatic hydroxyl groups is 1. The third kappa shape index (κ3) is 3.81. The first kappa shape index (κ1) is 15.0. The first-order valence-electron chi connectivity index (χ1n) is 6.16. The van der Waals surface area contributed by atoms with Crippen LogP contribution >= 0.6 is 0 Å². The normalized spacial score (nSPS) is 10.6. The number of anilines is 1. The molecule has 1 aromatic heterocycles. The molecule has 0 spiro atoms. The molecule has 0 atom stereocenters. The molecule has 6 heteroatoms. The van der Waals surface area contributed by atoms with E-state index in [-0.39, 0.29) is 11.5 Å². The Hall–Kier alpha value is -2.36. The summed E-state index contributed by atoms with van der Waals surface area (Å²) < 4.78 is 27.2. The topological polar surface area (TPSA) is 79.3 Å². The van der Waals surface area contributed by atoms with E-state index >= 15 is 0 Å². The molecule has 0 saturated carbocycles. The molecule has 0 unspecified atom stereocenters. The number of pyridine rings is 1. The highest BCUT2D eigenvalue weighted by Gasteiger charge is 2.15. The summed E-state index contributed by atoms with van der Waals surface area (Å²) >= 11 is 0. The lowest BCUT2D eigenvalue weighted by atomic mass is 10.2. The van der Waals surface area contributed by atoms with E-state index in [4.69, 9.17) is 5.11 Å². The molecule has 0 bridgehead atoms. The highest BCUT2D eigenvalue weighted by Crippen LogP contribution is 2.19. The van der Waals surface area contributed by atoms with E-state index in [0.717, 1.165) is 5.56 Å². The van der Waals surface area contributed by atoms with Crippen LogP contribution in [0, 0.1) is 18.8 Å². The van der Waals surface area contributed by atoms with E-state index in [1.807, 2.05) is 0 Å². The summed E-state index contributed by atoms with van der Waals surface area (Å²) in [7, 11) is -3.69. The van der Waals surface area contributed by atoms with E-state index in [0.29, 0.717) is 11.3 Å². The largest absolute Gasteiger partial charge is 0.384 e. The molecule has 0 saturated heterocycles. The third-order valence-electron chi connectivity index (χ3n) is 2.72. The van der Waals surface area contributed by atoms with Crippen molar-refractivity contribution in [2.45, 2.75) is 11.8 Å². The summed E-state index contributed by atoms with van der Waals surface area (Å²) in [6, 6.07) is 7.83. The second-order valence-corrected chi connectivity index (χ2v) is 5.97. The van der Waals surface area contributed by atoms with Gasteiger partial charge in [0.05, 0.1) is 10.6 Å². The number of hydrogen-bond acceptors (Lipinski definition) is 4. The van der Waals surface area contributed by atoms with Crippen molar-refractivity contribution in [2.75, 3.05) is 11.3 Å².